The van der Waals surface area contributed by atoms with E-state index in [1.54, 1.807) is 24.3 Å². The molecule has 7 heteroatoms. The van der Waals surface area contributed by atoms with Crippen LogP contribution in [-0.4, -0.2) is 36.9 Å². The summed E-state index contributed by atoms with van der Waals surface area (Å²) >= 11 is 0. The number of ether oxygens (including phenoxy) is 2. The number of esters is 1. The summed E-state index contributed by atoms with van der Waals surface area (Å²) in [5, 5.41) is 0.747. The highest BCUT2D eigenvalue weighted by molar-refractivity contribution is 6.02. The van der Waals surface area contributed by atoms with Crippen molar-refractivity contribution in [2.45, 2.75) is 25.2 Å². The van der Waals surface area contributed by atoms with Gasteiger partial charge in [-0.15, -0.1) is 0 Å². The minimum atomic E-state index is -2.73. The van der Waals surface area contributed by atoms with Crippen molar-refractivity contribution < 1.29 is 27.8 Å². The van der Waals surface area contributed by atoms with Gasteiger partial charge in [0.15, 0.2) is 5.78 Å². The van der Waals surface area contributed by atoms with Crippen LogP contribution >= 0.6 is 0 Å². The van der Waals surface area contributed by atoms with Gasteiger partial charge in [0.05, 0.1) is 25.8 Å². The van der Waals surface area contributed by atoms with Gasteiger partial charge in [-0.3, -0.25) is 9.59 Å². The summed E-state index contributed by atoms with van der Waals surface area (Å²) < 4.78 is 36.2. The average molecular weight is 351 g/mol. The van der Waals surface area contributed by atoms with Gasteiger partial charge in [-0.05, 0) is 24.6 Å². The van der Waals surface area contributed by atoms with Crippen molar-refractivity contribution in [3.8, 4) is 5.75 Å². The summed E-state index contributed by atoms with van der Waals surface area (Å²) in [4.78, 5) is 27.4. The molecule has 0 spiro atoms. The quantitative estimate of drug-likeness (QED) is 0.611. The molecule has 0 saturated heterocycles. The molecular formula is C18H19F2NO4. The van der Waals surface area contributed by atoms with Crippen LogP contribution in [0, 0.1) is 11.8 Å². The Bertz CT molecular complexity index is 815. The SMILES string of the molecule is COC(=O)[C@@H](CC(=O)c1cc2c(OC)cccc2[nH]1)CC1CC1(F)F. The van der Waals surface area contributed by atoms with Crippen molar-refractivity contribution >= 4 is 22.7 Å². The number of halogens is 2. The van der Waals surface area contributed by atoms with E-state index >= 15 is 0 Å². The summed E-state index contributed by atoms with van der Waals surface area (Å²) in [6.07, 6.45) is -0.457. The third-order valence-electron chi connectivity index (χ3n) is 4.64. The molecule has 1 N–H and O–H groups in total. The van der Waals surface area contributed by atoms with Gasteiger partial charge in [0.1, 0.15) is 5.75 Å². The fourth-order valence-electron chi connectivity index (χ4n) is 3.09. The first-order chi connectivity index (χ1) is 11.9. The Morgan fingerprint density at radius 3 is 2.68 bits per heavy atom. The van der Waals surface area contributed by atoms with E-state index in [-0.39, 0.29) is 25.0 Å². The van der Waals surface area contributed by atoms with Gasteiger partial charge in [0.2, 0.25) is 0 Å². The Kier molecular flexibility index (Phi) is 4.49. The van der Waals surface area contributed by atoms with Crippen molar-refractivity contribution in [1.82, 2.24) is 4.98 Å². The summed E-state index contributed by atoms with van der Waals surface area (Å²) in [6, 6.07) is 7.02. The Labute approximate surface area is 143 Å². The monoisotopic (exact) mass is 351 g/mol. The van der Waals surface area contributed by atoms with Crippen LogP contribution in [0.2, 0.25) is 0 Å². The predicted molar refractivity (Wildman–Crippen MR) is 87.0 cm³/mol. The number of Topliss-reactive ketones (excluding diaryl/α,β-unsaturated/α-hetero) is 1. The fraction of sp³-hybridized carbons (Fsp3) is 0.444. The lowest BCUT2D eigenvalue weighted by Crippen LogP contribution is -2.21. The summed E-state index contributed by atoms with van der Waals surface area (Å²) in [7, 11) is 2.73. The molecule has 1 unspecified atom stereocenters. The molecule has 134 valence electrons. The highest BCUT2D eigenvalue weighted by Crippen LogP contribution is 2.52. The van der Waals surface area contributed by atoms with E-state index < -0.39 is 23.7 Å². The van der Waals surface area contributed by atoms with Crippen LogP contribution in [0.5, 0.6) is 5.75 Å². The second-order valence-corrected chi connectivity index (χ2v) is 6.35. The number of alkyl halides is 2. The minimum absolute atomic E-state index is 0.0467. The molecule has 0 bridgehead atoms. The molecule has 1 aromatic carbocycles. The fourth-order valence-corrected chi connectivity index (χ4v) is 3.09. The van der Waals surface area contributed by atoms with E-state index in [4.69, 9.17) is 4.74 Å². The second kappa shape index (κ2) is 6.46. The summed E-state index contributed by atoms with van der Waals surface area (Å²) in [5.74, 6) is -4.79. The van der Waals surface area contributed by atoms with Crippen LogP contribution in [0.4, 0.5) is 8.78 Å². The largest absolute Gasteiger partial charge is 0.496 e. The third-order valence-corrected chi connectivity index (χ3v) is 4.64. The van der Waals surface area contributed by atoms with Crippen LogP contribution in [0.15, 0.2) is 24.3 Å². The van der Waals surface area contributed by atoms with Gasteiger partial charge in [-0.1, -0.05) is 6.07 Å². The predicted octanol–water partition coefficient (Wildman–Crippen LogP) is 3.58. The Morgan fingerprint density at radius 2 is 2.08 bits per heavy atom. The lowest BCUT2D eigenvalue weighted by molar-refractivity contribution is -0.145. The molecule has 0 amide bonds. The first-order valence-corrected chi connectivity index (χ1v) is 8.00. The van der Waals surface area contributed by atoms with Crippen LogP contribution in [0.1, 0.15) is 29.8 Å². The molecule has 5 nitrogen and oxygen atoms in total. The van der Waals surface area contributed by atoms with E-state index in [0.717, 1.165) is 10.9 Å². The number of nitrogens with one attached hydrogen (secondary N) is 1. The number of rotatable bonds is 7. The van der Waals surface area contributed by atoms with Crippen molar-refractivity contribution in [1.29, 1.82) is 0 Å². The molecule has 1 heterocycles. The van der Waals surface area contributed by atoms with Crippen LogP contribution in [-0.2, 0) is 9.53 Å². The molecule has 1 aliphatic rings. The second-order valence-electron chi connectivity index (χ2n) is 6.35. The molecule has 0 aliphatic heterocycles. The number of carbonyl (C=O) groups is 2. The molecule has 2 aromatic rings. The highest BCUT2D eigenvalue weighted by atomic mass is 19.3. The first kappa shape index (κ1) is 17.4. The van der Waals surface area contributed by atoms with Crippen LogP contribution in [0.3, 0.4) is 0 Å². The Hall–Kier alpha value is -2.44. The van der Waals surface area contributed by atoms with Crippen molar-refractivity contribution in [2.24, 2.45) is 11.8 Å². The molecule has 1 aliphatic carbocycles. The molecule has 3 rings (SSSR count). The molecule has 25 heavy (non-hydrogen) atoms. The van der Waals surface area contributed by atoms with Gasteiger partial charge >= 0.3 is 5.97 Å². The highest BCUT2D eigenvalue weighted by Gasteiger charge is 2.57. The normalized spacial score (nSPS) is 19.4. The van der Waals surface area contributed by atoms with E-state index in [9.17, 15) is 18.4 Å². The van der Waals surface area contributed by atoms with Gasteiger partial charge in [0, 0.05) is 29.7 Å². The topological polar surface area (TPSA) is 68.4 Å². The lowest BCUT2D eigenvalue weighted by atomic mass is 9.95. The zero-order valence-electron chi connectivity index (χ0n) is 14.0. The maximum Gasteiger partial charge on any atom is 0.309 e. The summed E-state index contributed by atoms with van der Waals surface area (Å²) in [5.41, 5.74) is 1.04. The number of aromatic amines is 1. The smallest absolute Gasteiger partial charge is 0.309 e. The third kappa shape index (κ3) is 3.50. The number of H-pyrrole nitrogens is 1. The number of methoxy groups -OCH3 is 2. The van der Waals surface area contributed by atoms with Gasteiger partial charge in [-0.2, -0.15) is 0 Å². The van der Waals surface area contributed by atoms with Crippen LogP contribution < -0.4 is 4.74 Å². The number of ketones is 1. The van der Waals surface area contributed by atoms with Gasteiger partial charge < -0.3 is 14.5 Å². The standard InChI is InChI=1S/C18H19F2NO4/c1-24-16-5-3-4-13-12(16)8-14(21-13)15(22)7-10(17(23)25-2)6-11-9-18(11,19)20/h3-5,8,10-11,21H,6-7,9H2,1-2H3/t10-,11?/m1/s1. The summed E-state index contributed by atoms with van der Waals surface area (Å²) in [6.45, 7) is 0. The zero-order chi connectivity index (χ0) is 18.2. The van der Waals surface area contributed by atoms with E-state index in [1.165, 1.54) is 14.2 Å². The van der Waals surface area contributed by atoms with E-state index in [0.29, 0.717) is 11.4 Å². The zero-order valence-corrected chi connectivity index (χ0v) is 14.0. The van der Waals surface area contributed by atoms with Crippen molar-refractivity contribution in [3.63, 3.8) is 0 Å². The number of benzene rings is 1. The van der Waals surface area contributed by atoms with Crippen molar-refractivity contribution in [2.75, 3.05) is 14.2 Å². The number of hydrogen-bond acceptors (Lipinski definition) is 4. The lowest BCUT2D eigenvalue weighted by Gasteiger charge is -2.13. The number of hydrogen-bond donors (Lipinski definition) is 1. The van der Waals surface area contributed by atoms with Gasteiger partial charge in [-0.25, -0.2) is 8.78 Å². The first-order valence-electron chi connectivity index (χ1n) is 8.00. The molecule has 1 fully saturated rings. The maximum absolute atomic E-state index is 13.2. The molecule has 1 saturated carbocycles. The number of carbonyl (C=O) groups excluding carboxylic acids is 2. The van der Waals surface area contributed by atoms with Crippen molar-refractivity contribution in [3.05, 3.63) is 30.0 Å². The Morgan fingerprint density at radius 1 is 1.36 bits per heavy atom. The number of aromatic nitrogens is 1. The molecule has 2 atom stereocenters. The van der Waals surface area contributed by atoms with Gasteiger partial charge in [0.25, 0.3) is 5.92 Å². The average Bonchev–Trinajstić information content (AvgIpc) is 2.99. The Balaban J connectivity index is 1.78. The minimum Gasteiger partial charge on any atom is -0.496 e. The molecular weight excluding hydrogens is 332 g/mol. The van der Waals surface area contributed by atoms with E-state index in [1.807, 2.05) is 0 Å². The van der Waals surface area contributed by atoms with E-state index in [2.05, 4.69) is 9.72 Å². The maximum atomic E-state index is 13.2. The number of fused-ring (bicyclic) bond motifs is 1. The molecule has 1 aromatic heterocycles. The molecule has 0 radical (unpaired) electrons. The van der Waals surface area contributed by atoms with Crippen LogP contribution in [0.25, 0.3) is 10.9 Å².